The lowest BCUT2D eigenvalue weighted by molar-refractivity contribution is -0.137. The third kappa shape index (κ3) is 3.76. The zero-order chi connectivity index (χ0) is 15.9. The standard InChI is InChI=1S/C17H23ClN2O2.ClH/c1-10-7-13(4-5-15(10)18)22-11(2)17(21)20-8-12-3-6-16(19)14(12)9-20;/h4-5,7,11-12,14,16H,3,6,8-9,19H2,1-2H3;1H. The van der Waals surface area contributed by atoms with Crippen LogP contribution in [0.15, 0.2) is 18.2 Å². The average molecular weight is 359 g/mol. The van der Waals surface area contributed by atoms with Crippen molar-refractivity contribution in [3.63, 3.8) is 0 Å². The third-order valence-electron chi connectivity index (χ3n) is 5.01. The van der Waals surface area contributed by atoms with Crippen LogP contribution in [0, 0.1) is 18.8 Å². The van der Waals surface area contributed by atoms with Crippen molar-refractivity contribution in [2.24, 2.45) is 17.6 Å². The van der Waals surface area contributed by atoms with Crippen molar-refractivity contribution in [2.45, 2.75) is 38.8 Å². The van der Waals surface area contributed by atoms with E-state index in [1.807, 2.05) is 17.9 Å². The first kappa shape index (κ1) is 18.4. The van der Waals surface area contributed by atoms with Crippen LogP contribution in [-0.2, 0) is 4.79 Å². The van der Waals surface area contributed by atoms with Crippen LogP contribution in [0.4, 0.5) is 0 Å². The van der Waals surface area contributed by atoms with Crippen molar-refractivity contribution in [1.82, 2.24) is 4.90 Å². The summed E-state index contributed by atoms with van der Waals surface area (Å²) in [6.07, 6.45) is 1.74. The molecule has 1 heterocycles. The summed E-state index contributed by atoms with van der Waals surface area (Å²) in [7, 11) is 0. The summed E-state index contributed by atoms with van der Waals surface area (Å²) in [4.78, 5) is 14.5. The van der Waals surface area contributed by atoms with Gasteiger partial charge in [-0.3, -0.25) is 4.79 Å². The number of nitrogens with zero attached hydrogens (tertiary/aromatic N) is 1. The highest BCUT2D eigenvalue weighted by Crippen LogP contribution is 2.37. The van der Waals surface area contributed by atoms with E-state index in [9.17, 15) is 4.79 Å². The summed E-state index contributed by atoms with van der Waals surface area (Å²) in [5, 5.41) is 0.702. The van der Waals surface area contributed by atoms with Crippen LogP contribution in [0.25, 0.3) is 0 Å². The zero-order valence-electron chi connectivity index (χ0n) is 13.5. The molecule has 1 aliphatic carbocycles. The van der Waals surface area contributed by atoms with Crippen molar-refractivity contribution < 1.29 is 9.53 Å². The van der Waals surface area contributed by atoms with Crippen LogP contribution in [0.5, 0.6) is 5.75 Å². The highest BCUT2D eigenvalue weighted by atomic mass is 35.5. The normalized spacial score (nSPS) is 27.3. The highest BCUT2D eigenvalue weighted by molar-refractivity contribution is 6.31. The zero-order valence-corrected chi connectivity index (χ0v) is 15.1. The fraction of sp³-hybridized carbons (Fsp3) is 0.588. The molecule has 128 valence electrons. The molecule has 4 atom stereocenters. The Balaban J connectivity index is 0.00000192. The summed E-state index contributed by atoms with van der Waals surface area (Å²) < 4.78 is 5.79. The van der Waals surface area contributed by atoms with Gasteiger partial charge in [-0.1, -0.05) is 11.6 Å². The van der Waals surface area contributed by atoms with Gasteiger partial charge in [0.2, 0.25) is 0 Å². The monoisotopic (exact) mass is 358 g/mol. The lowest BCUT2D eigenvalue weighted by Crippen LogP contribution is -2.40. The number of halogens is 2. The minimum absolute atomic E-state index is 0. The van der Waals surface area contributed by atoms with Crippen molar-refractivity contribution in [1.29, 1.82) is 0 Å². The molecule has 6 heteroatoms. The molecule has 2 aliphatic rings. The Morgan fingerprint density at radius 2 is 2.13 bits per heavy atom. The van der Waals surface area contributed by atoms with E-state index >= 15 is 0 Å². The Bertz CT molecular complexity index is 582. The van der Waals surface area contributed by atoms with Gasteiger partial charge in [0.25, 0.3) is 5.91 Å². The molecule has 2 N–H and O–H groups in total. The molecule has 0 aromatic heterocycles. The van der Waals surface area contributed by atoms with Crippen molar-refractivity contribution >= 4 is 29.9 Å². The number of aryl methyl sites for hydroxylation is 1. The predicted octanol–water partition coefficient (Wildman–Crippen LogP) is 3.03. The maximum Gasteiger partial charge on any atom is 0.263 e. The Morgan fingerprint density at radius 3 is 2.78 bits per heavy atom. The number of carbonyl (C=O) groups excluding carboxylic acids is 1. The second-order valence-electron chi connectivity index (χ2n) is 6.58. The number of fused-ring (bicyclic) bond motifs is 1. The molecule has 4 unspecified atom stereocenters. The number of likely N-dealkylation sites (tertiary alicyclic amines) is 1. The first-order valence-electron chi connectivity index (χ1n) is 7.93. The molecule has 1 saturated carbocycles. The Morgan fingerprint density at radius 1 is 1.39 bits per heavy atom. The van der Waals surface area contributed by atoms with E-state index in [1.54, 1.807) is 19.1 Å². The molecule has 23 heavy (non-hydrogen) atoms. The number of benzene rings is 1. The van der Waals surface area contributed by atoms with Crippen LogP contribution >= 0.6 is 24.0 Å². The fourth-order valence-electron chi connectivity index (χ4n) is 3.69. The molecule has 0 bridgehead atoms. The van der Waals surface area contributed by atoms with E-state index in [0.29, 0.717) is 22.6 Å². The molecule has 1 aromatic rings. The van der Waals surface area contributed by atoms with Gasteiger partial charge >= 0.3 is 0 Å². The Kier molecular flexibility index (Phi) is 5.82. The van der Waals surface area contributed by atoms with Gasteiger partial charge in [-0.15, -0.1) is 12.4 Å². The van der Waals surface area contributed by atoms with Gasteiger partial charge in [-0.2, -0.15) is 0 Å². The predicted molar refractivity (Wildman–Crippen MR) is 94.3 cm³/mol. The van der Waals surface area contributed by atoms with Crippen LogP contribution in [0.3, 0.4) is 0 Å². The average Bonchev–Trinajstić information content (AvgIpc) is 3.05. The van der Waals surface area contributed by atoms with Gasteiger partial charge in [0, 0.05) is 24.2 Å². The maximum atomic E-state index is 12.6. The fourth-order valence-corrected chi connectivity index (χ4v) is 3.81. The van der Waals surface area contributed by atoms with Crippen LogP contribution in [-0.4, -0.2) is 36.0 Å². The van der Waals surface area contributed by atoms with Crippen LogP contribution in [0.2, 0.25) is 5.02 Å². The van der Waals surface area contributed by atoms with Crippen molar-refractivity contribution in [3.05, 3.63) is 28.8 Å². The Hall–Kier alpha value is -0.970. The molecular weight excluding hydrogens is 335 g/mol. The molecule has 2 fully saturated rings. The summed E-state index contributed by atoms with van der Waals surface area (Å²) in [5.41, 5.74) is 7.08. The summed E-state index contributed by atoms with van der Waals surface area (Å²) in [6.45, 7) is 5.33. The molecule has 3 rings (SSSR count). The minimum atomic E-state index is -0.490. The number of carbonyl (C=O) groups is 1. The van der Waals surface area contributed by atoms with Gasteiger partial charge in [0.15, 0.2) is 6.10 Å². The van der Waals surface area contributed by atoms with Crippen LogP contribution in [0.1, 0.15) is 25.3 Å². The molecule has 1 aromatic carbocycles. The molecule has 0 radical (unpaired) electrons. The van der Waals surface area contributed by atoms with Gasteiger partial charge < -0.3 is 15.4 Å². The van der Waals surface area contributed by atoms with Crippen molar-refractivity contribution in [3.8, 4) is 5.75 Å². The van der Waals surface area contributed by atoms with E-state index in [2.05, 4.69) is 0 Å². The van der Waals surface area contributed by atoms with Gasteiger partial charge in [0.05, 0.1) is 0 Å². The molecule has 4 nitrogen and oxygen atoms in total. The van der Waals surface area contributed by atoms with E-state index in [0.717, 1.165) is 31.5 Å². The Labute approximate surface area is 148 Å². The lowest BCUT2D eigenvalue weighted by Gasteiger charge is -2.23. The maximum absolute atomic E-state index is 12.6. The van der Waals surface area contributed by atoms with Gasteiger partial charge in [-0.05, 0) is 62.3 Å². The molecule has 1 amide bonds. The number of hydrogen-bond acceptors (Lipinski definition) is 3. The SMILES string of the molecule is Cc1cc(OC(C)C(=O)N2CC3CCC(N)C3C2)ccc1Cl.Cl. The number of ether oxygens (including phenoxy) is 1. The van der Waals surface area contributed by atoms with Gasteiger partial charge in [-0.25, -0.2) is 0 Å². The second kappa shape index (κ2) is 7.29. The summed E-state index contributed by atoms with van der Waals surface area (Å²) >= 11 is 6.01. The van der Waals surface area contributed by atoms with Gasteiger partial charge in [0.1, 0.15) is 5.75 Å². The molecular formula is C17H24Cl2N2O2. The lowest BCUT2D eigenvalue weighted by atomic mass is 9.98. The number of rotatable bonds is 3. The van der Waals surface area contributed by atoms with E-state index < -0.39 is 6.10 Å². The third-order valence-corrected chi connectivity index (χ3v) is 5.44. The number of hydrogen-bond donors (Lipinski definition) is 1. The van der Waals surface area contributed by atoms with Crippen LogP contribution < -0.4 is 10.5 Å². The smallest absolute Gasteiger partial charge is 0.263 e. The largest absolute Gasteiger partial charge is 0.481 e. The minimum Gasteiger partial charge on any atom is -0.481 e. The first-order valence-corrected chi connectivity index (χ1v) is 8.30. The topological polar surface area (TPSA) is 55.6 Å². The quantitative estimate of drug-likeness (QED) is 0.903. The molecule has 1 saturated heterocycles. The number of amides is 1. The second-order valence-corrected chi connectivity index (χ2v) is 6.99. The molecule has 0 spiro atoms. The highest BCUT2D eigenvalue weighted by Gasteiger charge is 2.43. The summed E-state index contributed by atoms with van der Waals surface area (Å²) in [5.74, 6) is 1.77. The first-order chi connectivity index (χ1) is 10.5. The van der Waals surface area contributed by atoms with Crippen molar-refractivity contribution in [2.75, 3.05) is 13.1 Å². The number of nitrogens with two attached hydrogens (primary N) is 1. The van der Waals surface area contributed by atoms with E-state index in [1.165, 1.54) is 0 Å². The van der Waals surface area contributed by atoms with E-state index in [4.69, 9.17) is 22.1 Å². The molecule has 1 aliphatic heterocycles. The summed E-state index contributed by atoms with van der Waals surface area (Å²) in [6, 6.07) is 5.70. The van der Waals surface area contributed by atoms with E-state index in [-0.39, 0.29) is 24.4 Å².